The van der Waals surface area contributed by atoms with E-state index in [4.69, 9.17) is 5.73 Å². The maximum Gasteiger partial charge on any atom is 0.151 e. The molecule has 1 unspecified atom stereocenters. The minimum Gasteiger partial charge on any atom is -0.353 e. The third-order valence-electron chi connectivity index (χ3n) is 2.98. The van der Waals surface area contributed by atoms with Crippen LogP contribution in [0.25, 0.3) is 0 Å². The highest BCUT2D eigenvalue weighted by Gasteiger charge is 2.12. The smallest absolute Gasteiger partial charge is 0.151 e. The van der Waals surface area contributed by atoms with Gasteiger partial charge in [-0.3, -0.25) is 0 Å². The fraction of sp³-hybridized carbons (Fsp3) is 0.667. The van der Waals surface area contributed by atoms with E-state index in [-0.39, 0.29) is 17.5 Å². The second kappa shape index (κ2) is 5.69. The molecule has 0 aliphatic carbocycles. The zero-order chi connectivity index (χ0) is 13.1. The lowest BCUT2D eigenvalue weighted by Gasteiger charge is -2.13. The van der Waals surface area contributed by atoms with Crippen molar-refractivity contribution >= 4 is 9.84 Å². The Morgan fingerprint density at radius 2 is 2.06 bits per heavy atom. The fourth-order valence-electron chi connectivity index (χ4n) is 1.57. The Hall–Kier alpha value is -0.810. The van der Waals surface area contributed by atoms with Crippen LogP contribution in [0.2, 0.25) is 0 Å². The molecule has 0 fully saturated rings. The van der Waals surface area contributed by atoms with Crippen LogP contribution in [0.4, 0.5) is 0 Å². The average Bonchev–Trinajstić information content (AvgIpc) is 2.74. The van der Waals surface area contributed by atoms with Crippen molar-refractivity contribution in [2.45, 2.75) is 33.4 Å². The molecule has 0 bridgehead atoms. The molecule has 4 nitrogen and oxygen atoms in total. The topological polar surface area (TPSA) is 65.1 Å². The molecule has 1 atom stereocenters. The first-order valence-corrected chi connectivity index (χ1v) is 7.79. The van der Waals surface area contributed by atoms with E-state index in [0.717, 1.165) is 5.56 Å². The highest BCUT2D eigenvalue weighted by Crippen LogP contribution is 2.18. The summed E-state index contributed by atoms with van der Waals surface area (Å²) < 4.78 is 24.7. The number of hydrogen-bond donors (Lipinski definition) is 1. The first kappa shape index (κ1) is 14.3. The van der Waals surface area contributed by atoms with E-state index in [1.54, 1.807) is 6.92 Å². The Morgan fingerprint density at radius 3 is 2.59 bits per heavy atom. The molecule has 0 spiro atoms. The summed E-state index contributed by atoms with van der Waals surface area (Å²) in [7, 11) is -2.90. The molecular weight excluding hydrogens is 236 g/mol. The van der Waals surface area contributed by atoms with Gasteiger partial charge < -0.3 is 10.3 Å². The van der Waals surface area contributed by atoms with Gasteiger partial charge in [0.15, 0.2) is 9.84 Å². The first-order chi connectivity index (χ1) is 7.85. The van der Waals surface area contributed by atoms with Crippen molar-refractivity contribution in [1.82, 2.24) is 4.57 Å². The highest BCUT2D eigenvalue weighted by molar-refractivity contribution is 7.91. The minimum absolute atomic E-state index is 0.0130. The van der Waals surface area contributed by atoms with Gasteiger partial charge in [0.1, 0.15) is 0 Å². The van der Waals surface area contributed by atoms with E-state index in [9.17, 15) is 8.42 Å². The van der Waals surface area contributed by atoms with Gasteiger partial charge in [-0.1, -0.05) is 20.8 Å². The van der Waals surface area contributed by atoms with Gasteiger partial charge in [0.25, 0.3) is 0 Å². The second-order valence-electron chi connectivity index (χ2n) is 4.69. The van der Waals surface area contributed by atoms with E-state index >= 15 is 0 Å². The molecule has 0 saturated heterocycles. The summed E-state index contributed by atoms with van der Waals surface area (Å²) in [5.74, 6) is 0.770. The van der Waals surface area contributed by atoms with E-state index in [1.807, 2.05) is 23.0 Å². The number of aryl methyl sites for hydroxylation is 1. The summed E-state index contributed by atoms with van der Waals surface area (Å²) in [6.07, 6.45) is 3.83. The third kappa shape index (κ3) is 4.16. The number of nitrogens with two attached hydrogens (primary N) is 1. The Balaban J connectivity index is 2.64. The van der Waals surface area contributed by atoms with Gasteiger partial charge >= 0.3 is 0 Å². The zero-order valence-corrected chi connectivity index (χ0v) is 11.6. The largest absolute Gasteiger partial charge is 0.353 e. The SMILES string of the molecule is CCS(=O)(=O)CCn1ccc(C(N)C(C)C)c1. The number of aromatic nitrogens is 1. The van der Waals surface area contributed by atoms with Gasteiger partial charge in [-0.05, 0) is 17.5 Å². The number of nitrogens with zero attached hydrogens (tertiary/aromatic N) is 1. The maximum atomic E-state index is 11.4. The Morgan fingerprint density at radius 1 is 1.41 bits per heavy atom. The van der Waals surface area contributed by atoms with Crippen LogP contribution >= 0.6 is 0 Å². The fourth-order valence-corrected chi connectivity index (χ4v) is 2.35. The van der Waals surface area contributed by atoms with Crippen molar-refractivity contribution in [3.05, 3.63) is 24.0 Å². The molecule has 98 valence electrons. The van der Waals surface area contributed by atoms with Crippen molar-refractivity contribution in [3.8, 4) is 0 Å². The lowest BCUT2D eigenvalue weighted by atomic mass is 10.00. The van der Waals surface area contributed by atoms with Crippen LogP contribution in [0.15, 0.2) is 18.5 Å². The summed E-state index contributed by atoms with van der Waals surface area (Å²) in [6.45, 7) is 6.32. The van der Waals surface area contributed by atoms with Crippen molar-refractivity contribution in [1.29, 1.82) is 0 Å². The summed E-state index contributed by atoms with van der Waals surface area (Å²) in [6, 6.07) is 1.97. The Labute approximate surface area is 104 Å². The van der Waals surface area contributed by atoms with Crippen LogP contribution < -0.4 is 5.73 Å². The van der Waals surface area contributed by atoms with E-state index in [1.165, 1.54) is 0 Å². The van der Waals surface area contributed by atoms with Crippen molar-refractivity contribution in [3.63, 3.8) is 0 Å². The van der Waals surface area contributed by atoms with Crippen molar-refractivity contribution < 1.29 is 8.42 Å². The Bertz CT molecular complexity index is 449. The Kier molecular flexibility index (Phi) is 4.77. The monoisotopic (exact) mass is 258 g/mol. The molecular formula is C12H22N2O2S. The van der Waals surface area contributed by atoms with Gasteiger partial charge in [0.2, 0.25) is 0 Å². The van der Waals surface area contributed by atoms with Gasteiger partial charge in [-0.15, -0.1) is 0 Å². The molecule has 1 rings (SSSR count). The number of hydrogen-bond acceptors (Lipinski definition) is 3. The summed E-state index contributed by atoms with van der Waals surface area (Å²) in [4.78, 5) is 0. The average molecular weight is 258 g/mol. The second-order valence-corrected chi connectivity index (χ2v) is 7.16. The summed E-state index contributed by atoms with van der Waals surface area (Å²) in [5.41, 5.74) is 7.09. The molecule has 0 aromatic carbocycles. The summed E-state index contributed by atoms with van der Waals surface area (Å²) >= 11 is 0. The summed E-state index contributed by atoms with van der Waals surface area (Å²) in [5, 5.41) is 0. The standard InChI is InChI=1S/C12H22N2O2S/c1-4-17(15,16)8-7-14-6-5-11(9-14)12(13)10(2)3/h5-6,9-10,12H,4,7-8,13H2,1-3H3. The van der Waals surface area contributed by atoms with Crippen molar-refractivity contribution in [2.75, 3.05) is 11.5 Å². The van der Waals surface area contributed by atoms with E-state index < -0.39 is 9.84 Å². The van der Waals surface area contributed by atoms with Gasteiger partial charge in [-0.2, -0.15) is 0 Å². The van der Waals surface area contributed by atoms with Crippen molar-refractivity contribution in [2.24, 2.45) is 11.7 Å². The lowest BCUT2D eigenvalue weighted by Crippen LogP contribution is -2.16. The molecule has 0 radical (unpaired) electrons. The predicted octanol–water partition coefficient (Wildman–Crippen LogP) is 1.58. The molecule has 1 aromatic heterocycles. The van der Waals surface area contributed by atoms with Crippen LogP contribution in [0.5, 0.6) is 0 Å². The molecule has 0 saturated carbocycles. The van der Waals surface area contributed by atoms with Gasteiger partial charge in [0, 0.05) is 30.7 Å². The van der Waals surface area contributed by atoms with Gasteiger partial charge in [-0.25, -0.2) is 8.42 Å². The predicted molar refractivity (Wildman–Crippen MR) is 70.5 cm³/mol. The third-order valence-corrected chi connectivity index (χ3v) is 4.66. The normalized spacial score (nSPS) is 14.2. The number of sulfone groups is 1. The molecule has 17 heavy (non-hydrogen) atoms. The van der Waals surface area contributed by atoms with Crippen LogP contribution in [0, 0.1) is 5.92 Å². The van der Waals surface area contributed by atoms with Crippen LogP contribution in [0.1, 0.15) is 32.4 Å². The molecule has 2 N–H and O–H groups in total. The molecule has 1 aromatic rings. The number of rotatable bonds is 6. The van der Waals surface area contributed by atoms with E-state index in [2.05, 4.69) is 13.8 Å². The van der Waals surface area contributed by atoms with Crippen LogP contribution in [0.3, 0.4) is 0 Å². The molecule has 5 heteroatoms. The van der Waals surface area contributed by atoms with Gasteiger partial charge in [0.05, 0.1) is 5.75 Å². The highest BCUT2D eigenvalue weighted by atomic mass is 32.2. The lowest BCUT2D eigenvalue weighted by molar-refractivity contribution is 0.513. The molecule has 1 heterocycles. The molecule has 0 aliphatic rings. The minimum atomic E-state index is -2.90. The molecule has 0 aliphatic heterocycles. The van der Waals surface area contributed by atoms with E-state index in [0.29, 0.717) is 12.5 Å². The van der Waals surface area contributed by atoms with Crippen LogP contribution in [-0.4, -0.2) is 24.5 Å². The molecule has 0 amide bonds. The van der Waals surface area contributed by atoms with Crippen LogP contribution in [-0.2, 0) is 16.4 Å². The quantitative estimate of drug-likeness (QED) is 0.842. The first-order valence-electron chi connectivity index (χ1n) is 5.97. The zero-order valence-electron chi connectivity index (χ0n) is 10.8. The maximum absolute atomic E-state index is 11.4.